The number of fused-ring (bicyclic) bond motifs is 1. The van der Waals surface area contributed by atoms with E-state index in [1.54, 1.807) is 0 Å². The Morgan fingerprint density at radius 1 is 1.06 bits per heavy atom. The van der Waals surface area contributed by atoms with E-state index in [-0.39, 0.29) is 0 Å². The SMILES string of the molecule is CCOCOc1ccc2ccccc2c1C. The number of hydrogen-bond donors (Lipinski definition) is 0. The third-order valence-corrected chi connectivity index (χ3v) is 2.65. The molecule has 0 spiro atoms. The summed E-state index contributed by atoms with van der Waals surface area (Å²) in [7, 11) is 0. The highest BCUT2D eigenvalue weighted by Crippen LogP contribution is 2.26. The van der Waals surface area contributed by atoms with Gasteiger partial charge in [-0.15, -0.1) is 0 Å². The molecule has 0 aromatic heterocycles. The van der Waals surface area contributed by atoms with Crippen molar-refractivity contribution in [1.82, 2.24) is 0 Å². The summed E-state index contributed by atoms with van der Waals surface area (Å²) in [6, 6.07) is 12.4. The molecule has 0 atom stereocenters. The minimum absolute atomic E-state index is 0.315. The highest BCUT2D eigenvalue weighted by Gasteiger charge is 2.03. The highest BCUT2D eigenvalue weighted by atomic mass is 16.7. The van der Waals surface area contributed by atoms with Crippen LogP contribution in [0.1, 0.15) is 12.5 Å². The zero-order valence-electron chi connectivity index (χ0n) is 9.69. The Labute approximate surface area is 95.8 Å². The van der Waals surface area contributed by atoms with E-state index in [2.05, 4.69) is 25.1 Å². The molecule has 2 rings (SSSR count). The Balaban J connectivity index is 2.29. The van der Waals surface area contributed by atoms with E-state index >= 15 is 0 Å². The van der Waals surface area contributed by atoms with Gasteiger partial charge in [-0.05, 0) is 36.2 Å². The Morgan fingerprint density at radius 3 is 2.69 bits per heavy atom. The van der Waals surface area contributed by atoms with E-state index in [9.17, 15) is 0 Å². The van der Waals surface area contributed by atoms with Crippen molar-refractivity contribution < 1.29 is 9.47 Å². The van der Waals surface area contributed by atoms with Crippen LogP contribution in [0.4, 0.5) is 0 Å². The molecule has 0 radical (unpaired) electrons. The van der Waals surface area contributed by atoms with Gasteiger partial charge in [-0.3, -0.25) is 0 Å². The van der Waals surface area contributed by atoms with Gasteiger partial charge < -0.3 is 9.47 Å². The molecule has 0 unspecified atom stereocenters. The normalized spacial score (nSPS) is 10.6. The van der Waals surface area contributed by atoms with Crippen LogP contribution in [0.15, 0.2) is 36.4 Å². The predicted octanol–water partition coefficient (Wildman–Crippen LogP) is 3.52. The first-order valence-corrected chi connectivity index (χ1v) is 5.52. The van der Waals surface area contributed by atoms with Gasteiger partial charge in [0.15, 0.2) is 6.79 Å². The fourth-order valence-corrected chi connectivity index (χ4v) is 1.75. The summed E-state index contributed by atoms with van der Waals surface area (Å²) in [4.78, 5) is 0. The van der Waals surface area contributed by atoms with Crippen LogP contribution >= 0.6 is 0 Å². The smallest absolute Gasteiger partial charge is 0.189 e. The average Bonchev–Trinajstić information content (AvgIpc) is 2.33. The van der Waals surface area contributed by atoms with E-state index in [4.69, 9.17) is 9.47 Å². The Hall–Kier alpha value is -1.54. The van der Waals surface area contributed by atoms with Crippen molar-refractivity contribution in [1.29, 1.82) is 0 Å². The van der Waals surface area contributed by atoms with Gasteiger partial charge in [0.05, 0.1) is 0 Å². The molecule has 2 nitrogen and oxygen atoms in total. The van der Waals surface area contributed by atoms with Gasteiger partial charge >= 0.3 is 0 Å². The quantitative estimate of drug-likeness (QED) is 0.575. The Kier molecular flexibility index (Phi) is 3.42. The summed E-state index contributed by atoms with van der Waals surface area (Å²) in [6.45, 7) is 5.02. The lowest BCUT2D eigenvalue weighted by atomic mass is 10.1. The predicted molar refractivity (Wildman–Crippen MR) is 65.8 cm³/mol. The van der Waals surface area contributed by atoms with E-state index in [0.717, 1.165) is 11.3 Å². The lowest BCUT2D eigenvalue weighted by Gasteiger charge is -2.10. The van der Waals surface area contributed by atoms with E-state index in [1.807, 2.05) is 25.1 Å². The number of aryl methyl sites for hydroxylation is 1. The monoisotopic (exact) mass is 216 g/mol. The van der Waals surface area contributed by atoms with Gasteiger partial charge in [-0.25, -0.2) is 0 Å². The zero-order chi connectivity index (χ0) is 11.4. The molecular formula is C14H16O2. The van der Waals surface area contributed by atoms with Crippen LogP contribution in [-0.4, -0.2) is 13.4 Å². The maximum absolute atomic E-state index is 5.56. The molecule has 84 valence electrons. The molecule has 0 fully saturated rings. The van der Waals surface area contributed by atoms with Gasteiger partial charge in [0.2, 0.25) is 0 Å². The number of hydrogen-bond acceptors (Lipinski definition) is 2. The van der Waals surface area contributed by atoms with Gasteiger partial charge in [-0.2, -0.15) is 0 Å². The lowest BCUT2D eigenvalue weighted by Crippen LogP contribution is -2.03. The lowest BCUT2D eigenvalue weighted by molar-refractivity contribution is 0.0221. The first-order valence-electron chi connectivity index (χ1n) is 5.52. The molecule has 0 amide bonds. The summed E-state index contributed by atoms with van der Waals surface area (Å²) >= 11 is 0. The number of benzene rings is 2. The van der Waals surface area contributed by atoms with Crippen molar-refractivity contribution in [3.05, 3.63) is 42.0 Å². The van der Waals surface area contributed by atoms with Crippen LogP contribution in [0.3, 0.4) is 0 Å². The molecule has 0 bridgehead atoms. The minimum atomic E-state index is 0.315. The van der Waals surface area contributed by atoms with Crippen LogP contribution < -0.4 is 4.74 Å². The molecule has 16 heavy (non-hydrogen) atoms. The van der Waals surface area contributed by atoms with Crippen LogP contribution in [0.5, 0.6) is 5.75 Å². The van der Waals surface area contributed by atoms with Crippen LogP contribution in [0, 0.1) is 6.92 Å². The fraction of sp³-hybridized carbons (Fsp3) is 0.286. The first-order chi connectivity index (χ1) is 7.83. The van der Waals surface area contributed by atoms with Crippen LogP contribution in [0.25, 0.3) is 10.8 Å². The largest absolute Gasteiger partial charge is 0.467 e. The van der Waals surface area contributed by atoms with Crippen molar-refractivity contribution in [2.24, 2.45) is 0 Å². The van der Waals surface area contributed by atoms with E-state index in [1.165, 1.54) is 10.8 Å². The second-order valence-corrected chi connectivity index (χ2v) is 3.66. The summed E-state index contributed by atoms with van der Waals surface area (Å²) in [6.07, 6.45) is 0. The molecule has 2 heteroatoms. The molecule has 0 saturated heterocycles. The molecule has 0 N–H and O–H groups in total. The summed E-state index contributed by atoms with van der Waals surface area (Å²) in [5.74, 6) is 0.896. The summed E-state index contributed by atoms with van der Waals surface area (Å²) < 4.78 is 10.7. The van der Waals surface area contributed by atoms with Crippen molar-refractivity contribution in [3.63, 3.8) is 0 Å². The van der Waals surface area contributed by atoms with Gasteiger partial charge in [-0.1, -0.05) is 30.3 Å². The molecular weight excluding hydrogens is 200 g/mol. The van der Waals surface area contributed by atoms with Crippen molar-refractivity contribution in [2.45, 2.75) is 13.8 Å². The van der Waals surface area contributed by atoms with E-state index in [0.29, 0.717) is 13.4 Å². The third-order valence-electron chi connectivity index (χ3n) is 2.65. The minimum Gasteiger partial charge on any atom is -0.467 e. The van der Waals surface area contributed by atoms with Crippen LogP contribution in [0.2, 0.25) is 0 Å². The number of ether oxygens (including phenoxy) is 2. The molecule has 0 aliphatic rings. The maximum atomic E-state index is 5.56. The molecule has 2 aromatic rings. The average molecular weight is 216 g/mol. The van der Waals surface area contributed by atoms with Gasteiger partial charge in [0.1, 0.15) is 5.75 Å². The summed E-state index contributed by atoms with van der Waals surface area (Å²) in [5, 5.41) is 2.47. The number of rotatable bonds is 4. The fourth-order valence-electron chi connectivity index (χ4n) is 1.75. The molecule has 0 heterocycles. The summed E-state index contributed by atoms with van der Waals surface area (Å²) in [5.41, 5.74) is 1.16. The van der Waals surface area contributed by atoms with Crippen molar-refractivity contribution in [2.75, 3.05) is 13.4 Å². The van der Waals surface area contributed by atoms with E-state index < -0.39 is 0 Å². The standard InChI is InChI=1S/C14H16O2/c1-3-15-10-16-14-9-8-12-6-4-5-7-13(12)11(14)2/h4-9H,3,10H2,1-2H3. The topological polar surface area (TPSA) is 18.5 Å². The Bertz CT molecular complexity index is 477. The van der Waals surface area contributed by atoms with Crippen LogP contribution in [-0.2, 0) is 4.74 Å². The third kappa shape index (κ3) is 2.17. The zero-order valence-corrected chi connectivity index (χ0v) is 9.69. The molecule has 2 aromatic carbocycles. The van der Waals surface area contributed by atoms with Crippen molar-refractivity contribution >= 4 is 10.8 Å². The van der Waals surface area contributed by atoms with Crippen molar-refractivity contribution in [3.8, 4) is 5.75 Å². The molecule has 0 aliphatic heterocycles. The second kappa shape index (κ2) is 4.99. The molecule has 0 aliphatic carbocycles. The van der Waals surface area contributed by atoms with Gasteiger partial charge in [0, 0.05) is 6.61 Å². The highest BCUT2D eigenvalue weighted by molar-refractivity contribution is 5.87. The Morgan fingerprint density at radius 2 is 1.88 bits per heavy atom. The second-order valence-electron chi connectivity index (χ2n) is 3.66. The first kappa shape index (κ1) is 11.0. The maximum Gasteiger partial charge on any atom is 0.189 e. The van der Waals surface area contributed by atoms with Gasteiger partial charge in [0.25, 0.3) is 0 Å². The molecule has 0 saturated carbocycles.